The molecule has 100 valence electrons. The number of aliphatic hydroxyl groups excluding tert-OH is 2. The summed E-state index contributed by atoms with van der Waals surface area (Å²) in [6.07, 6.45) is -0.0604. The lowest BCUT2D eigenvalue weighted by atomic mass is 10.3. The van der Waals surface area contributed by atoms with Gasteiger partial charge in [0.25, 0.3) is 5.91 Å². The average Bonchev–Trinajstić information content (AvgIpc) is 2.94. The number of pyridine rings is 1. The summed E-state index contributed by atoms with van der Waals surface area (Å²) in [5, 5.41) is 19.0. The Kier molecular flexibility index (Phi) is 2.76. The van der Waals surface area contributed by atoms with Crippen molar-refractivity contribution in [2.24, 2.45) is 0 Å². The van der Waals surface area contributed by atoms with Crippen LogP contribution in [-0.2, 0) is 0 Å². The minimum atomic E-state index is -0.872. The van der Waals surface area contributed by atoms with Crippen LogP contribution in [0.4, 0.5) is 0 Å². The van der Waals surface area contributed by atoms with E-state index in [0.717, 1.165) is 5.69 Å². The molecule has 3 rings (SSSR count). The number of rotatable bonds is 1. The Bertz CT molecular complexity index is 627. The molecule has 2 N–H and O–H groups in total. The van der Waals surface area contributed by atoms with Gasteiger partial charge in [0, 0.05) is 25.0 Å². The normalized spacial score (nSPS) is 23.2. The van der Waals surface area contributed by atoms with Crippen molar-refractivity contribution in [2.45, 2.75) is 19.1 Å². The van der Waals surface area contributed by atoms with Crippen molar-refractivity contribution >= 4 is 11.6 Å². The van der Waals surface area contributed by atoms with Gasteiger partial charge in [-0.15, -0.1) is 0 Å². The molecular weight excluding hydrogens is 246 g/mol. The van der Waals surface area contributed by atoms with Crippen LogP contribution in [-0.4, -0.2) is 55.7 Å². The van der Waals surface area contributed by atoms with Gasteiger partial charge in [0.15, 0.2) is 0 Å². The summed E-state index contributed by atoms with van der Waals surface area (Å²) < 4.78 is 1.84. The Morgan fingerprint density at radius 3 is 2.63 bits per heavy atom. The van der Waals surface area contributed by atoms with Crippen molar-refractivity contribution in [2.75, 3.05) is 13.1 Å². The van der Waals surface area contributed by atoms with Gasteiger partial charge in [0.1, 0.15) is 11.3 Å². The monoisotopic (exact) mass is 261 g/mol. The van der Waals surface area contributed by atoms with Gasteiger partial charge in [0.2, 0.25) is 0 Å². The number of likely N-dealkylation sites (tertiary alicyclic amines) is 1. The topological polar surface area (TPSA) is 78.1 Å². The average molecular weight is 261 g/mol. The summed E-state index contributed by atoms with van der Waals surface area (Å²) in [4.78, 5) is 17.9. The van der Waals surface area contributed by atoms with E-state index in [1.165, 1.54) is 4.90 Å². The van der Waals surface area contributed by atoms with Crippen molar-refractivity contribution in [3.05, 3.63) is 35.8 Å². The summed E-state index contributed by atoms with van der Waals surface area (Å²) >= 11 is 0. The number of hydrogen-bond donors (Lipinski definition) is 2. The van der Waals surface area contributed by atoms with Gasteiger partial charge in [-0.05, 0) is 19.1 Å². The highest BCUT2D eigenvalue weighted by Crippen LogP contribution is 2.15. The molecule has 0 bridgehead atoms. The van der Waals surface area contributed by atoms with E-state index in [1.807, 2.05) is 29.5 Å². The van der Waals surface area contributed by atoms with Gasteiger partial charge in [-0.1, -0.05) is 6.07 Å². The third-order valence-electron chi connectivity index (χ3n) is 3.46. The van der Waals surface area contributed by atoms with Crippen LogP contribution < -0.4 is 0 Å². The molecule has 6 nitrogen and oxygen atoms in total. The first-order chi connectivity index (χ1) is 9.06. The van der Waals surface area contributed by atoms with Gasteiger partial charge in [-0.2, -0.15) is 0 Å². The molecular formula is C13H15N3O3. The molecule has 2 atom stereocenters. The first-order valence-electron chi connectivity index (χ1n) is 6.16. The van der Waals surface area contributed by atoms with Crippen LogP contribution in [0.15, 0.2) is 24.4 Å². The SMILES string of the molecule is Cc1cccc2nc(C(=O)N3CC(O)C(O)C3)cn12. The molecule has 0 radical (unpaired) electrons. The summed E-state index contributed by atoms with van der Waals surface area (Å²) in [5.74, 6) is -0.265. The second kappa shape index (κ2) is 4.32. The Hall–Kier alpha value is -1.92. The Morgan fingerprint density at radius 1 is 1.32 bits per heavy atom. The van der Waals surface area contributed by atoms with E-state index in [1.54, 1.807) is 6.20 Å². The van der Waals surface area contributed by atoms with Crippen LogP contribution in [0, 0.1) is 6.92 Å². The molecule has 1 saturated heterocycles. The number of carbonyl (C=O) groups excluding carboxylic acids is 1. The van der Waals surface area contributed by atoms with E-state index in [2.05, 4.69) is 4.98 Å². The molecule has 0 aliphatic carbocycles. The van der Waals surface area contributed by atoms with Gasteiger partial charge in [-0.3, -0.25) is 4.79 Å². The van der Waals surface area contributed by atoms with E-state index in [0.29, 0.717) is 11.3 Å². The lowest BCUT2D eigenvalue weighted by Gasteiger charge is -2.12. The van der Waals surface area contributed by atoms with Crippen LogP contribution in [0.25, 0.3) is 5.65 Å². The highest BCUT2D eigenvalue weighted by Gasteiger charge is 2.33. The molecule has 19 heavy (non-hydrogen) atoms. The minimum absolute atomic E-state index is 0.146. The Morgan fingerprint density at radius 2 is 2.00 bits per heavy atom. The number of carbonyl (C=O) groups is 1. The largest absolute Gasteiger partial charge is 0.388 e. The van der Waals surface area contributed by atoms with E-state index in [9.17, 15) is 15.0 Å². The van der Waals surface area contributed by atoms with Crippen molar-refractivity contribution in [3.63, 3.8) is 0 Å². The first kappa shape index (κ1) is 12.1. The smallest absolute Gasteiger partial charge is 0.274 e. The van der Waals surface area contributed by atoms with Crippen LogP contribution in [0.5, 0.6) is 0 Å². The number of nitrogens with zero attached hydrogens (tertiary/aromatic N) is 3. The standard InChI is InChI=1S/C13H15N3O3/c1-8-3-2-4-12-14-9(5-16(8)12)13(19)15-6-10(17)11(18)7-15/h2-5,10-11,17-18H,6-7H2,1H3. The lowest BCUT2D eigenvalue weighted by Crippen LogP contribution is -2.30. The second-order valence-corrected chi connectivity index (χ2v) is 4.87. The molecule has 1 fully saturated rings. The molecule has 2 unspecified atom stereocenters. The molecule has 1 aliphatic rings. The zero-order valence-electron chi connectivity index (χ0n) is 10.5. The van der Waals surface area contributed by atoms with Crippen LogP contribution in [0.2, 0.25) is 0 Å². The molecule has 2 aromatic rings. The van der Waals surface area contributed by atoms with E-state index >= 15 is 0 Å². The lowest BCUT2D eigenvalue weighted by molar-refractivity contribution is 0.0572. The van der Waals surface area contributed by atoms with Crippen molar-refractivity contribution < 1.29 is 15.0 Å². The Labute approximate surface area is 109 Å². The number of hydrogen-bond acceptors (Lipinski definition) is 4. The third-order valence-corrected chi connectivity index (χ3v) is 3.46. The number of fused-ring (bicyclic) bond motifs is 1. The van der Waals surface area contributed by atoms with Gasteiger partial charge < -0.3 is 19.5 Å². The first-order valence-corrected chi connectivity index (χ1v) is 6.16. The van der Waals surface area contributed by atoms with Crippen molar-refractivity contribution in [1.82, 2.24) is 14.3 Å². The zero-order valence-corrected chi connectivity index (χ0v) is 10.5. The van der Waals surface area contributed by atoms with Crippen LogP contribution >= 0.6 is 0 Å². The summed E-state index contributed by atoms with van der Waals surface area (Å²) in [7, 11) is 0. The van der Waals surface area contributed by atoms with Gasteiger partial charge in [0.05, 0.1) is 12.2 Å². The predicted molar refractivity (Wildman–Crippen MR) is 67.8 cm³/mol. The molecule has 0 saturated carbocycles. The van der Waals surface area contributed by atoms with E-state index in [-0.39, 0.29) is 19.0 Å². The summed E-state index contributed by atoms with van der Waals surface area (Å²) in [5.41, 5.74) is 2.03. The molecule has 0 aromatic carbocycles. The van der Waals surface area contributed by atoms with Gasteiger partial charge in [-0.25, -0.2) is 4.98 Å². The fourth-order valence-corrected chi connectivity index (χ4v) is 2.35. The van der Waals surface area contributed by atoms with Gasteiger partial charge >= 0.3 is 0 Å². The fraction of sp³-hybridized carbons (Fsp3) is 0.385. The molecule has 3 heterocycles. The highest BCUT2D eigenvalue weighted by molar-refractivity contribution is 5.93. The molecule has 1 amide bonds. The van der Waals surface area contributed by atoms with E-state index < -0.39 is 12.2 Å². The number of aliphatic hydroxyl groups is 2. The number of amides is 1. The van der Waals surface area contributed by atoms with Crippen LogP contribution in [0.3, 0.4) is 0 Å². The number of β-amino-alcohol motifs (C(OH)–C–C–N with tert-alkyl or cyclic N) is 2. The molecule has 1 aliphatic heterocycles. The Balaban J connectivity index is 1.92. The molecule has 6 heteroatoms. The maximum absolute atomic E-state index is 12.2. The predicted octanol–water partition coefficient (Wildman–Crippen LogP) is -0.180. The minimum Gasteiger partial charge on any atom is -0.388 e. The van der Waals surface area contributed by atoms with Crippen molar-refractivity contribution in [3.8, 4) is 0 Å². The van der Waals surface area contributed by atoms with Crippen molar-refractivity contribution in [1.29, 1.82) is 0 Å². The number of aromatic nitrogens is 2. The molecule has 2 aromatic heterocycles. The summed E-state index contributed by atoms with van der Waals surface area (Å²) in [6.45, 7) is 2.23. The third kappa shape index (κ3) is 1.98. The summed E-state index contributed by atoms with van der Waals surface area (Å²) in [6, 6.07) is 5.65. The molecule has 0 spiro atoms. The van der Waals surface area contributed by atoms with Crippen LogP contribution in [0.1, 0.15) is 16.2 Å². The maximum Gasteiger partial charge on any atom is 0.274 e. The fourth-order valence-electron chi connectivity index (χ4n) is 2.35. The second-order valence-electron chi connectivity index (χ2n) is 4.87. The highest BCUT2D eigenvalue weighted by atomic mass is 16.3. The van der Waals surface area contributed by atoms with E-state index in [4.69, 9.17) is 0 Å². The number of aryl methyl sites for hydroxylation is 1. The maximum atomic E-state index is 12.2. The quantitative estimate of drug-likeness (QED) is 0.746. The number of imidazole rings is 1. The zero-order chi connectivity index (χ0) is 13.6.